The first-order valence-corrected chi connectivity index (χ1v) is 18.0. The van der Waals surface area contributed by atoms with Crippen molar-refractivity contribution < 1.29 is 8.78 Å². The SMILES string of the molecule is C=C/C(=C\C(=C/C)C(=C)NC(C)c1ccc(C(=C2CC3(C2)CN(C)C3)c2ccc(C)cc2)cc1)N1CCN(C(=C)C2CCC(F)(F)C2)CC1. The molecule has 260 valence electrons. The van der Waals surface area contributed by atoms with Crippen LogP contribution in [0.15, 0.2) is 115 Å². The highest BCUT2D eigenvalue weighted by Gasteiger charge is 2.49. The number of hydrogen-bond donors (Lipinski definition) is 1. The van der Waals surface area contributed by atoms with Gasteiger partial charge >= 0.3 is 0 Å². The Morgan fingerprint density at radius 3 is 2.06 bits per heavy atom. The quantitative estimate of drug-likeness (QED) is 0.242. The van der Waals surface area contributed by atoms with Crippen molar-refractivity contribution in [3.05, 3.63) is 137 Å². The summed E-state index contributed by atoms with van der Waals surface area (Å²) < 4.78 is 27.6. The highest BCUT2D eigenvalue weighted by molar-refractivity contribution is 5.83. The number of piperazine rings is 1. The lowest BCUT2D eigenvalue weighted by molar-refractivity contribution is -0.0106. The first-order chi connectivity index (χ1) is 23.4. The summed E-state index contributed by atoms with van der Waals surface area (Å²) in [4.78, 5) is 6.94. The van der Waals surface area contributed by atoms with Crippen molar-refractivity contribution in [3.63, 3.8) is 0 Å². The lowest BCUT2D eigenvalue weighted by Crippen LogP contribution is -2.58. The maximum atomic E-state index is 13.8. The van der Waals surface area contributed by atoms with Crippen LogP contribution < -0.4 is 5.32 Å². The van der Waals surface area contributed by atoms with E-state index >= 15 is 0 Å². The zero-order chi connectivity index (χ0) is 34.9. The van der Waals surface area contributed by atoms with Crippen LogP contribution in [0.25, 0.3) is 5.57 Å². The normalized spacial score (nSPS) is 22.7. The summed E-state index contributed by atoms with van der Waals surface area (Å²) in [6, 6.07) is 18.1. The van der Waals surface area contributed by atoms with Crippen molar-refractivity contribution in [2.24, 2.45) is 11.3 Å². The van der Waals surface area contributed by atoms with E-state index in [1.54, 1.807) is 5.57 Å². The van der Waals surface area contributed by atoms with Gasteiger partial charge in [0.15, 0.2) is 0 Å². The topological polar surface area (TPSA) is 21.8 Å². The molecule has 1 spiro atoms. The van der Waals surface area contributed by atoms with Gasteiger partial charge in [-0.25, -0.2) is 8.78 Å². The average molecular weight is 665 g/mol. The van der Waals surface area contributed by atoms with E-state index < -0.39 is 5.92 Å². The highest BCUT2D eigenvalue weighted by Crippen LogP contribution is 2.54. The molecule has 2 aromatic carbocycles. The van der Waals surface area contributed by atoms with Crippen LogP contribution in [0, 0.1) is 18.3 Å². The monoisotopic (exact) mass is 664 g/mol. The van der Waals surface area contributed by atoms with Gasteiger partial charge in [0.25, 0.3) is 0 Å². The number of benzene rings is 2. The first-order valence-electron chi connectivity index (χ1n) is 18.0. The van der Waals surface area contributed by atoms with Gasteiger partial charge in [-0.3, -0.25) is 0 Å². The molecule has 2 aliphatic carbocycles. The van der Waals surface area contributed by atoms with E-state index in [4.69, 9.17) is 0 Å². The van der Waals surface area contributed by atoms with Gasteiger partial charge in [0, 0.05) is 86.6 Å². The number of nitrogens with one attached hydrogen (secondary N) is 1. The molecule has 4 aliphatic rings. The summed E-state index contributed by atoms with van der Waals surface area (Å²) in [5.41, 5.74) is 12.3. The molecular weight excluding hydrogens is 610 g/mol. The number of rotatable bonds is 11. The minimum atomic E-state index is -2.55. The van der Waals surface area contributed by atoms with Crippen LogP contribution in [0.4, 0.5) is 8.78 Å². The Morgan fingerprint density at radius 1 is 0.939 bits per heavy atom. The smallest absolute Gasteiger partial charge is 0.248 e. The molecule has 2 saturated heterocycles. The maximum Gasteiger partial charge on any atom is 0.248 e. The standard InChI is InChI=1S/C43H54F2N4/c1-8-34(24-40(9-2)49-22-20-48(21-23-49)33(6)38-18-19-43(44,45)27-38)31(4)46-32(5)35-14-16-37(17-15-35)41(36-12-10-30(3)11-13-36)39-25-42(26-39)28-47(7)29-42/h8-17,24,32,38,46H,2,4,6,18-23,25-29H2,1,3,5,7H3/b34-8+,40-24+. The molecule has 0 radical (unpaired) electrons. The van der Waals surface area contributed by atoms with Crippen LogP contribution in [0.5, 0.6) is 0 Å². The van der Waals surface area contributed by atoms with Crippen molar-refractivity contribution in [3.8, 4) is 0 Å². The van der Waals surface area contributed by atoms with Crippen LogP contribution in [-0.2, 0) is 0 Å². The summed E-state index contributed by atoms with van der Waals surface area (Å²) in [5, 5.41) is 3.64. The molecule has 2 saturated carbocycles. The van der Waals surface area contributed by atoms with Gasteiger partial charge in [0.2, 0.25) is 5.92 Å². The Bertz CT molecular complexity index is 1640. The van der Waals surface area contributed by atoms with Gasteiger partial charge in [0.05, 0.1) is 0 Å². The number of nitrogens with zero attached hydrogens (tertiary/aromatic N) is 3. The first kappa shape index (κ1) is 34.9. The van der Waals surface area contributed by atoms with E-state index in [-0.39, 0.29) is 24.8 Å². The third kappa shape index (κ3) is 7.65. The van der Waals surface area contributed by atoms with Gasteiger partial charge in [-0.1, -0.05) is 85.5 Å². The van der Waals surface area contributed by atoms with Crippen LogP contribution in [0.1, 0.15) is 74.2 Å². The number of likely N-dealkylation sites (tertiary alicyclic amines) is 1. The molecule has 1 N–H and O–H groups in total. The molecule has 0 amide bonds. The fourth-order valence-electron chi connectivity index (χ4n) is 8.54. The third-order valence-corrected chi connectivity index (χ3v) is 11.3. The fourth-order valence-corrected chi connectivity index (χ4v) is 8.54. The molecular formula is C43H54F2N4. The predicted octanol–water partition coefficient (Wildman–Crippen LogP) is 9.27. The average Bonchev–Trinajstić information content (AvgIpc) is 3.43. The van der Waals surface area contributed by atoms with E-state index in [9.17, 15) is 8.78 Å². The molecule has 2 unspecified atom stereocenters. The lowest BCUT2D eigenvalue weighted by Gasteiger charge is -2.56. The van der Waals surface area contributed by atoms with Crippen molar-refractivity contribution >= 4 is 5.57 Å². The summed E-state index contributed by atoms with van der Waals surface area (Å²) >= 11 is 0. The minimum absolute atomic E-state index is 0.0278. The van der Waals surface area contributed by atoms with Gasteiger partial charge < -0.3 is 20.0 Å². The molecule has 2 aromatic rings. The number of allylic oxidation sites excluding steroid dienone is 5. The van der Waals surface area contributed by atoms with E-state index in [2.05, 4.69) is 121 Å². The fraction of sp³-hybridized carbons (Fsp3) is 0.442. The zero-order valence-electron chi connectivity index (χ0n) is 30.0. The number of alkyl halides is 2. The Kier molecular flexibility index (Phi) is 10.1. The summed E-state index contributed by atoms with van der Waals surface area (Å²) in [7, 11) is 2.22. The van der Waals surface area contributed by atoms with Gasteiger partial charge in [0.1, 0.15) is 0 Å². The molecule has 49 heavy (non-hydrogen) atoms. The molecule has 0 aromatic heterocycles. The molecule has 6 rings (SSSR count). The third-order valence-electron chi connectivity index (χ3n) is 11.3. The molecule has 0 bridgehead atoms. The summed E-state index contributed by atoms with van der Waals surface area (Å²) in [6.45, 7) is 24.6. The van der Waals surface area contributed by atoms with Crippen LogP contribution in [-0.4, -0.2) is 66.9 Å². The van der Waals surface area contributed by atoms with Crippen molar-refractivity contribution in [2.75, 3.05) is 46.3 Å². The van der Waals surface area contributed by atoms with Crippen molar-refractivity contribution in [1.82, 2.24) is 20.0 Å². The molecule has 2 heterocycles. The molecule has 6 heteroatoms. The van der Waals surface area contributed by atoms with E-state index in [1.165, 1.54) is 53.8 Å². The Balaban J connectivity index is 1.08. The second kappa shape index (κ2) is 14.1. The summed E-state index contributed by atoms with van der Waals surface area (Å²) in [5.74, 6) is -2.67. The highest BCUT2D eigenvalue weighted by atomic mass is 19.3. The van der Waals surface area contributed by atoms with Crippen LogP contribution >= 0.6 is 0 Å². The maximum absolute atomic E-state index is 13.8. The van der Waals surface area contributed by atoms with E-state index in [0.29, 0.717) is 11.8 Å². The Hall–Kier alpha value is -3.90. The van der Waals surface area contributed by atoms with Crippen LogP contribution in [0.2, 0.25) is 0 Å². The minimum Gasteiger partial charge on any atom is -0.379 e. The Morgan fingerprint density at radius 2 is 1.53 bits per heavy atom. The van der Waals surface area contributed by atoms with E-state index in [1.807, 2.05) is 13.0 Å². The molecule has 4 fully saturated rings. The van der Waals surface area contributed by atoms with Crippen molar-refractivity contribution in [1.29, 1.82) is 0 Å². The second-order valence-corrected chi connectivity index (χ2v) is 15.1. The second-order valence-electron chi connectivity index (χ2n) is 15.1. The number of halogens is 2. The lowest BCUT2D eigenvalue weighted by atomic mass is 9.59. The zero-order valence-corrected chi connectivity index (χ0v) is 30.0. The number of hydrogen-bond acceptors (Lipinski definition) is 4. The van der Waals surface area contributed by atoms with Crippen LogP contribution in [0.3, 0.4) is 0 Å². The van der Waals surface area contributed by atoms with Gasteiger partial charge in [-0.05, 0) is 87.1 Å². The number of aryl methyl sites for hydroxylation is 1. The molecule has 2 atom stereocenters. The van der Waals surface area contributed by atoms with Gasteiger partial charge in [-0.2, -0.15) is 0 Å². The molecule has 4 nitrogen and oxygen atoms in total. The largest absolute Gasteiger partial charge is 0.379 e. The summed E-state index contributed by atoms with van der Waals surface area (Å²) in [6.07, 6.45) is 8.94. The van der Waals surface area contributed by atoms with Crippen molar-refractivity contribution in [2.45, 2.75) is 64.8 Å². The van der Waals surface area contributed by atoms with Gasteiger partial charge in [-0.15, -0.1) is 0 Å². The predicted molar refractivity (Wildman–Crippen MR) is 200 cm³/mol. The Labute approximate surface area is 293 Å². The molecule has 2 aliphatic heterocycles. The van der Waals surface area contributed by atoms with E-state index in [0.717, 1.165) is 48.8 Å².